The third-order valence-electron chi connectivity index (χ3n) is 11.1. The van der Waals surface area contributed by atoms with Crippen molar-refractivity contribution in [3.8, 4) is 34.0 Å². The van der Waals surface area contributed by atoms with Crippen LogP contribution in [0.1, 0.15) is 0 Å². The first-order valence-corrected chi connectivity index (χ1v) is 18.6. The van der Waals surface area contributed by atoms with Crippen LogP contribution < -0.4 is 0 Å². The predicted molar refractivity (Wildman–Crippen MR) is 226 cm³/mol. The Kier molecular flexibility index (Phi) is 6.27. The highest BCUT2D eigenvalue weighted by atomic mass is 16.3. The molecule has 0 N–H and O–H groups in total. The van der Waals surface area contributed by atoms with Gasteiger partial charge in [0.25, 0.3) is 0 Å². The average molecular weight is 703 g/mol. The first-order chi connectivity index (χ1) is 27.3. The van der Waals surface area contributed by atoms with E-state index >= 15 is 0 Å². The number of furan rings is 1. The van der Waals surface area contributed by atoms with Gasteiger partial charge in [-0.05, 0) is 59.7 Å². The lowest BCUT2D eigenvalue weighted by atomic mass is 10.0. The molecule has 0 fully saturated rings. The molecular weight excluding hydrogens is 673 g/mol. The summed E-state index contributed by atoms with van der Waals surface area (Å²) in [5.41, 5.74) is 12.4. The maximum Gasteiger partial charge on any atom is 0.235 e. The summed E-state index contributed by atoms with van der Waals surface area (Å²) in [4.78, 5) is 10.7. The van der Waals surface area contributed by atoms with Gasteiger partial charge in [-0.2, -0.15) is 0 Å². The number of nitrogens with zero attached hydrogens (tertiary/aromatic N) is 4. The van der Waals surface area contributed by atoms with E-state index in [1.54, 1.807) is 0 Å². The second-order valence-electron chi connectivity index (χ2n) is 14.1. The molecule has 0 bridgehead atoms. The Bertz CT molecular complexity index is 3470. The standard InChI is InChI=1S/C50H30N4O/c1-3-13-31(14-4-1)32-23-25-33(26-24-32)48-35-17-7-10-20-39(35)51-50(52-48)54-40-21-11-8-18-36(40)46-42(54)28-27-38-45-41(53(49(38)46)34-15-5-2-6-16-34)29-30-44-47(45)37-19-9-12-22-43(37)55-44/h1-30H. The van der Waals surface area contributed by atoms with Gasteiger partial charge in [0, 0.05) is 49.0 Å². The van der Waals surface area contributed by atoms with Crippen molar-refractivity contribution in [3.05, 3.63) is 182 Å². The zero-order valence-corrected chi connectivity index (χ0v) is 29.5. The molecule has 0 aliphatic rings. The Balaban J connectivity index is 1.18. The molecule has 256 valence electrons. The van der Waals surface area contributed by atoms with Gasteiger partial charge >= 0.3 is 0 Å². The van der Waals surface area contributed by atoms with Gasteiger partial charge in [0.2, 0.25) is 5.95 Å². The maximum atomic E-state index is 6.43. The maximum absolute atomic E-state index is 6.43. The van der Waals surface area contributed by atoms with Crippen molar-refractivity contribution in [2.24, 2.45) is 0 Å². The molecule has 0 atom stereocenters. The van der Waals surface area contributed by atoms with E-state index in [-0.39, 0.29) is 0 Å². The number of benzene rings is 8. The number of hydrogen-bond acceptors (Lipinski definition) is 3. The molecule has 12 rings (SSSR count). The van der Waals surface area contributed by atoms with E-state index in [1.807, 2.05) is 12.1 Å². The first-order valence-electron chi connectivity index (χ1n) is 18.6. The minimum atomic E-state index is 0.636. The Labute approximate surface area is 315 Å². The molecular formula is C50H30N4O. The lowest BCUT2D eigenvalue weighted by Crippen LogP contribution is -2.03. The molecule has 0 aliphatic heterocycles. The van der Waals surface area contributed by atoms with Crippen LogP contribution in [0.15, 0.2) is 186 Å². The zero-order valence-electron chi connectivity index (χ0n) is 29.5. The highest BCUT2D eigenvalue weighted by Gasteiger charge is 2.24. The number of fused-ring (bicyclic) bond motifs is 12. The van der Waals surface area contributed by atoms with Crippen LogP contribution in [0.3, 0.4) is 0 Å². The SMILES string of the molecule is c1ccc(-c2ccc(-c3nc(-n4c5ccccc5c5c4ccc4c6c7c(ccc6n(-c6ccccc6)c45)oc4ccccc47)nc4ccccc34)cc2)cc1. The number of hydrogen-bond donors (Lipinski definition) is 0. The fourth-order valence-electron chi connectivity index (χ4n) is 8.76. The van der Waals surface area contributed by atoms with E-state index < -0.39 is 0 Å². The third-order valence-corrected chi connectivity index (χ3v) is 11.1. The van der Waals surface area contributed by atoms with Gasteiger partial charge in [-0.25, -0.2) is 9.97 Å². The van der Waals surface area contributed by atoms with Gasteiger partial charge in [0.15, 0.2) is 0 Å². The Morgan fingerprint density at radius 1 is 0.364 bits per heavy atom. The van der Waals surface area contributed by atoms with Crippen molar-refractivity contribution >= 4 is 76.5 Å². The second-order valence-corrected chi connectivity index (χ2v) is 14.1. The molecule has 0 aliphatic carbocycles. The number of rotatable bonds is 4. The molecule has 4 heterocycles. The van der Waals surface area contributed by atoms with Gasteiger partial charge in [0.1, 0.15) is 11.2 Å². The van der Waals surface area contributed by atoms with Crippen LogP contribution in [-0.4, -0.2) is 19.1 Å². The van der Waals surface area contributed by atoms with Crippen molar-refractivity contribution < 1.29 is 4.42 Å². The number of para-hydroxylation sites is 4. The monoisotopic (exact) mass is 702 g/mol. The lowest BCUT2D eigenvalue weighted by Gasteiger charge is -2.12. The fourth-order valence-corrected chi connectivity index (χ4v) is 8.76. The second kappa shape index (κ2) is 11.5. The molecule has 0 spiro atoms. The number of aromatic nitrogens is 4. The highest BCUT2D eigenvalue weighted by molar-refractivity contribution is 6.32. The molecule has 5 heteroatoms. The fraction of sp³-hybridized carbons (Fsp3) is 0. The van der Waals surface area contributed by atoms with E-state index in [9.17, 15) is 0 Å². The van der Waals surface area contributed by atoms with Crippen molar-refractivity contribution in [2.45, 2.75) is 0 Å². The zero-order chi connectivity index (χ0) is 36.0. The molecule has 55 heavy (non-hydrogen) atoms. The molecule has 12 aromatic rings. The van der Waals surface area contributed by atoms with Gasteiger partial charge in [0.05, 0.1) is 33.3 Å². The van der Waals surface area contributed by atoms with Crippen molar-refractivity contribution in [3.63, 3.8) is 0 Å². The highest BCUT2D eigenvalue weighted by Crippen LogP contribution is 2.46. The molecule has 0 unspecified atom stereocenters. The molecule has 0 radical (unpaired) electrons. The summed E-state index contributed by atoms with van der Waals surface area (Å²) in [5, 5.41) is 7.92. The summed E-state index contributed by atoms with van der Waals surface area (Å²) in [6, 6.07) is 64.0. The molecule has 4 aromatic heterocycles. The quantitative estimate of drug-likeness (QED) is 0.183. The molecule has 0 amide bonds. The third kappa shape index (κ3) is 4.35. The van der Waals surface area contributed by atoms with Crippen molar-refractivity contribution in [2.75, 3.05) is 0 Å². The van der Waals surface area contributed by atoms with Gasteiger partial charge in [-0.1, -0.05) is 133 Å². The van der Waals surface area contributed by atoms with E-state index in [1.165, 1.54) is 21.9 Å². The summed E-state index contributed by atoms with van der Waals surface area (Å²) in [6.45, 7) is 0. The molecule has 0 saturated heterocycles. The van der Waals surface area contributed by atoms with E-state index in [0.717, 1.165) is 82.6 Å². The van der Waals surface area contributed by atoms with Crippen LogP contribution in [0.4, 0.5) is 0 Å². The average Bonchev–Trinajstić information content (AvgIpc) is 3.91. The van der Waals surface area contributed by atoms with Crippen molar-refractivity contribution in [1.82, 2.24) is 19.1 Å². The Morgan fingerprint density at radius 2 is 1.00 bits per heavy atom. The minimum Gasteiger partial charge on any atom is -0.456 e. The minimum absolute atomic E-state index is 0.636. The predicted octanol–water partition coefficient (Wildman–Crippen LogP) is 13.1. The molecule has 5 nitrogen and oxygen atoms in total. The van der Waals surface area contributed by atoms with E-state index in [4.69, 9.17) is 14.4 Å². The van der Waals surface area contributed by atoms with E-state index in [0.29, 0.717) is 5.95 Å². The van der Waals surface area contributed by atoms with Crippen LogP contribution in [0, 0.1) is 0 Å². The van der Waals surface area contributed by atoms with Crippen LogP contribution in [-0.2, 0) is 0 Å². The lowest BCUT2D eigenvalue weighted by molar-refractivity contribution is 0.669. The Morgan fingerprint density at radius 3 is 1.84 bits per heavy atom. The van der Waals surface area contributed by atoms with Crippen LogP contribution in [0.5, 0.6) is 0 Å². The van der Waals surface area contributed by atoms with Gasteiger partial charge < -0.3 is 8.98 Å². The first kappa shape index (κ1) is 30.0. The van der Waals surface area contributed by atoms with E-state index in [2.05, 4.69) is 179 Å². The molecule has 8 aromatic carbocycles. The summed E-state index contributed by atoms with van der Waals surface area (Å²) < 4.78 is 11.1. The van der Waals surface area contributed by atoms with Crippen molar-refractivity contribution in [1.29, 1.82) is 0 Å². The van der Waals surface area contributed by atoms with Crippen LogP contribution in [0.25, 0.3) is 110 Å². The summed E-state index contributed by atoms with van der Waals surface area (Å²) >= 11 is 0. The largest absolute Gasteiger partial charge is 0.456 e. The smallest absolute Gasteiger partial charge is 0.235 e. The van der Waals surface area contributed by atoms with Gasteiger partial charge in [-0.3, -0.25) is 4.57 Å². The molecule has 0 saturated carbocycles. The summed E-state index contributed by atoms with van der Waals surface area (Å²) in [6.07, 6.45) is 0. The topological polar surface area (TPSA) is 48.8 Å². The Hall–Kier alpha value is -7.50. The summed E-state index contributed by atoms with van der Waals surface area (Å²) in [5.74, 6) is 0.636. The summed E-state index contributed by atoms with van der Waals surface area (Å²) in [7, 11) is 0. The van der Waals surface area contributed by atoms with Crippen LogP contribution >= 0.6 is 0 Å². The van der Waals surface area contributed by atoms with Crippen LogP contribution in [0.2, 0.25) is 0 Å². The normalized spacial score (nSPS) is 12.0. The van der Waals surface area contributed by atoms with Gasteiger partial charge in [-0.15, -0.1) is 0 Å².